The summed E-state index contributed by atoms with van der Waals surface area (Å²) in [4.78, 5) is 5.26. The number of hydrogen-bond acceptors (Lipinski definition) is 5. The van der Waals surface area contributed by atoms with Gasteiger partial charge in [-0.3, -0.25) is 0 Å². The van der Waals surface area contributed by atoms with Crippen molar-refractivity contribution in [3.63, 3.8) is 0 Å². The van der Waals surface area contributed by atoms with Crippen molar-refractivity contribution < 1.29 is 4.52 Å². The van der Waals surface area contributed by atoms with Gasteiger partial charge in [-0.05, 0) is 24.0 Å². The summed E-state index contributed by atoms with van der Waals surface area (Å²) in [6, 6.07) is 8.57. The molecular weight excluding hydrogens is 234 g/mol. The van der Waals surface area contributed by atoms with Crippen molar-refractivity contribution in [3.8, 4) is 0 Å². The number of benzene rings is 1. The van der Waals surface area contributed by atoms with Crippen molar-refractivity contribution in [3.05, 3.63) is 42.0 Å². The molecule has 0 bridgehead atoms. The molecule has 90 valence electrons. The summed E-state index contributed by atoms with van der Waals surface area (Å²) in [6.45, 7) is 1.72. The minimum absolute atomic E-state index is 0.746. The smallest absolute Gasteiger partial charge is 0.213 e. The fourth-order valence-electron chi connectivity index (χ4n) is 1.48. The van der Waals surface area contributed by atoms with Crippen molar-refractivity contribution >= 4 is 11.8 Å². The Kier molecular flexibility index (Phi) is 4.58. The summed E-state index contributed by atoms with van der Waals surface area (Å²) < 4.78 is 4.66. The van der Waals surface area contributed by atoms with Crippen LogP contribution in [-0.4, -0.2) is 22.9 Å². The van der Waals surface area contributed by atoms with Crippen molar-refractivity contribution in [1.29, 1.82) is 0 Å². The van der Waals surface area contributed by atoms with Gasteiger partial charge in [0.2, 0.25) is 6.39 Å². The zero-order valence-corrected chi connectivity index (χ0v) is 10.5. The Morgan fingerprint density at radius 3 is 2.76 bits per heavy atom. The van der Waals surface area contributed by atoms with E-state index in [2.05, 4.69) is 50.5 Å². The van der Waals surface area contributed by atoms with E-state index in [1.165, 1.54) is 16.9 Å². The molecule has 0 unspecified atom stereocenters. The molecule has 0 aliphatic rings. The Balaban J connectivity index is 1.70. The first kappa shape index (κ1) is 12.1. The molecule has 0 radical (unpaired) electrons. The Bertz CT molecular complexity index is 428. The average molecular weight is 249 g/mol. The maximum Gasteiger partial charge on any atom is 0.213 e. The molecule has 4 nitrogen and oxygen atoms in total. The molecule has 17 heavy (non-hydrogen) atoms. The van der Waals surface area contributed by atoms with E-state index in [1.807, 2.05) is 0 Å². The van der Waals surface area contributed by atoms with Crippen LogP contribution in [-0.2, 0) is 13.0 Å². The molecule has 0 fully saturated rings. The van der Waals surface area contributed by atoms with Crippen LogP contribution < -0.4 is 5.32 Å². The standard InChI is InChI=1S/C12H15N3OS/c1-17-11-4-2-10(3-5-11)8-13-7-6-12-14-9-16-15-12/h2-5,9,13H,6-8H2,1H3. The Labute approximate surface area is 105 Å². The molecule has 1 aromatic carbocycles. The third kappa shape index (κ3) is 3.87. The third-order valence-electron chi connectivity index (χ3n) is 2.42. The molecule has 0 aliphatic carbocycles. The number of aromatic nitrogens is 2. The van der Waals surface area contributed by atoms with Crippen molar-refractivity contribution in [2.75, 3.05) is 12.8 Å². The van der Waals surface area contributed by atoms with Crippen LogP contribution in [0.4, 0.5) is 0 Å². The highest BCUT2D eigenvalue weighted by Crippen LogP contribution is 2.14. The van der Waals surface area contributed by atoms with Gasteiger partial charge in [-0.15, -0.1) is 11.8 Å². The first-order valence-corrected chi connectivity index (χ1v) is 6.70. The number of nitrogens with one attached hydrogen (secondary N) is 1. The molecule has 0 saturated carbocycles. The predicted molar refractivity (Wildman–Crippen MR) is 67.9 cm³/mol. The van der Waals surface area contributed by atoms with Crippen LogP contribution in [0.1, 0.15) is 11.4 Å². The first-order chi connectivity index (χ1) is 8.38. The highest BCUT2D eigenvalue weighted by atomic mass is 32.2. The normalized spacial score (nSPS) is 10.6. The van der Waals surface area contributed by atoms with Crippen LogP contribution in [0.25, 0.3) is 0 Å². The lowest BCUT2D eigenvalue weighted by Crippen LogP contribution is -2.17. The Morgan fingerprint density at radius 1 is 1.29 bits per heavy atom. The molecule has 0 saturated heterocycles. The number of hydrogen-bond donors (Lipinski definition) is 1. The van der Waals surface area contributed by atoms with Crippen molar-refractivity contribution in [1.82, 2.24) is 15.5 Å². The molecule has 2 rings (SSSR count). The molecular formula is C12H15N3OS. The van der Waals surface area contributed by atoms with Gasteiger partial charge in [0.25, 0.3) is 0 Å². The Hall–Kier alpha value is -1.33. The summed E-state index contributed by atoms with van der Waals surface area (Å²) in [5, 5.41) is 7.10. The van der Waals surface area contributed by atoms with Gasteiger partial charge in [-0.25, -0.2) is 0 Å². The minimum Gasteiger partial charge on any atom is -0.343 e. The van der Waals surface area contributed by atoms with E-state index in [1.54, 1.807) is 11.8 Å². The predicted octanol–water partition coefficient (Wildman–Crippen LogP) is 2.12. The van der Waals surface area contributed by atoms with Crippen LogP contribution in [0.5, 0.6) is 0 Å². The molecule has 1 aromatic heterocycles. The van der Waals surface area contributed by atoms with Gasteiger partial charge in [0.05, 0.1) is 0 Å². The molecule has 0 atom stereocenters. The molecule has 2 aromatic rings. The quantitative estimate of drug-likeness (QED) is 0.628. The molecule has 0 amide bonds. The topological polar surface area (TPSA) is 51.0 Å². The van der Waals surface area contributed by atoms with Crippen LogP contribution in [0.15, 0.2) is 40.1 Å². The van der Waals surface area contributed by atoms with Crippen LogP contribution in [0, 0.1) is 0 Å². The monoisotopic (exact) mass is 249 g/mol. The molecule has 0 spiro atoms. The van der Waals surface area contributed by atoms with Gasteiger partial charge >= 0.3 is 0 Å². The maximum atomic E-state index is 4.66. The summed E-state index contributed by atoms with van der Waals surface area (Å²) >= 11 is 1.76. The van der Waals surface area contributed by atoms with Gasteiger partial charge in [0.1, 0.15) is 0 Å². The lowest BCUT2D eigenvalue weighted by molar-refractivity contribution is 0.409. The fraction of sp³-hybridized carbons (Fsp3) is 0.333. The van der Waals surface area contributed by atoms with Crippen molar-refractivity contribution in [2.45, 2.75) is 17.9 Å². The summed E-state index contributed by atoms with van der Waals surface area (Å²) in [5.41, 5.74) is 1.29. The number of rotatable bonds is 6. The van der Waals surface area contributed by atoms with Gasteiger partial charge in [0.15, 0.2) is 5.82 Å². The zero-order chi connectivity index (χ0) is 11.9. The second-order valence-corrected chi connectivity index (χ2v) is 4.50. The minimum atomic E-state index is 0.746. The lowest BCUT2D eigenvalue weighted by atomic mass is 10.2. The summed E-state index contributed by atoms with van der Waals surface area (Å²) in [6.07, 6.45) is 4.23. The molecule has 1 N–H and O–H groups in total. The third-order valence-corrected chi connectivity index (χ3v) is 3.16. The highest BCUT2D eigenvalue weighted by molar-refractivity contribution is 7.98. The van der Waals surface area contributed by atoms with Gasteiger partial charge in [0, 0.05) is 24.4 Å². The van der Waals surface area contributed by atoms with Gasteiger partial charge < -0.3 is 9.84 Å². The zero-order valence-electron chi connectivity index (χ0n) is 9.72. The molecule has 1 heterocycles. The van der Waals surface area contributed by atoms with E-state index in [9.17, 15) is 0 Å². The van der Waals surface area contributed by atoms with E-state index < -0.39 is 0 Å². The summed E-state index contributed by atoms with van der Waals surface area (Å²) in [5.74, 6) is 0.746. The largest absolute Gasteiger partial charge is 0.343 e. The SMILES string of the molecule is CSc1ccc(CNCCc2ncon2)cc1. The van der Waals surface area contributed by atoms with E-state index >= 15 is 0 Å². The second-order valence-electron chi connectivity index (χ2n) is 3.62. The lowest BCUT2D eigenvalue weighted by Gasteiger charge is -2.04. The van der Waals surface area contributed by atoms with Crippen LogP contribution >= 0.6 is 11.8 Å². The van der Waals surface area contributed by atoms with E-state index in [0.29, 0.717) is 0 Å². The average Bonchev–Trinajstić information content (AvgIpc) is 2.88. The first-order valence-electron chi connectivity index (χ1n) is 5.47. The Morgan fingerprint density at radius 2 is 2.12 bits per heavy atom. The second kappa shape index (κ2) is 6.42. The van der Waals surface area contributed by atoms with Gasteiger partial charge in [-0.1, -0.05) is 17.3 Å². The van der Waals surface area contributed by atoms with Crippen molar-refractivity contribution in [2.24, 2.45) is 0 Å². The fourth-order valence-corrected chi connectivity index (χ4v) is 1.89. The maximum absolute atomic E-state index is 4.66. The van der Waals surface area contributed by atoms with Gasteiger partial charge in [-0.2, -0.15) is 4.98 Å². The highest BCUT2D eigenvalue weighted by Gasteiger charge is 1.98. The van der Waals surface area contributed by atoms with Crippen LogP contribution in [0.3, 0.4) is 0 Å². The van der Waals surface area contributed by atoms with Crippen LogP contribution in [0.2, 0.25) is 0 Å². The molecule has 5 heteroatoms. The number of nitrogens with zero attached hydrogens (tertiary/aromatic N) is 2. The van der Waals surface area contributed by atoms with E-state index in [-0.39, 0.29) is 0 Å². The number of thioether (sulfide) groups is 1. The summed E-state index contributed by atoms with van der Waals surface area (Å²) in [7, 11) is 0. The molecule has 0 aliphatic heterocycles. The van der Waals surface area contributed by atoms with E-state index in [4.69, 9.17) is 0 Å². The van der Waals surface area contributed by atoms with E-state index in [0.717, 1.165) is 25.3 Å².